The molecule has 0 saturated carbocycles. The Morgan fingerprint density at radius 3 is 2.80 bits per heavy atom. The number of rotatable bonds is 8. The summed E-state index contributed by atoms with van der Waals surface area (Å²) in [6.07, 6.45) is 0. The monoisotopic (exact) mass is 337 g/mol. The third kappa shape index (κ3) is 7.00. The normalized spacial score (nSPS) is 10.3. The van der Waals surface area contributed by atoms with Crippen LogP contribution in [0.25, 0.3) is 0 Å². The number of nitrogens with one attached hydrogen (secondary N) is 1. The molecule has 0 aliphatic heterocycles. The highest BCUT2D eigenvalue weighted by molar-refractivity contribution is 8.00. The lowest BCUT2D eigenvalue weighted by Gasteiger charge is -2.06. The van der Waals surface area contributed by atoms with Crippen molar-refractivity contribution >= 4 is 46.8 Å². The number of aliphatic carboxylic acids is 1. The van der Waals surface area contributed by atoms with E-state index in [4.69, 9.17) is 33.0 Å². The molecule has 1 aromatic rings. The van der Waals surface area contributed by atoms with Crippen molar-refractivity contribution < 1.29 is 19.4 Å². The van der Waals surface area contributed by atoms with Crippen LogP contribution in [0.5, 0.6) is 0 Å². The largest absolute Gasteiger partial charge is 0.480 e. The lowest BCUT2D eigenvalue weighted by molar-refractivity contribution is -0.142. The number of hydrogen-bond acceptors (Lipinski definition) is 4. The number of amides is 1. The number of carboxylic acids is 1. The second-order valence-corrected chi connectivity index (χ2v) is 5.52. The van der Waals surface area contributed by atoms with Crippen molar-refractivity contribution in [3.05, 3.63) is 28.2 Å². The summed E-state index contributed by atoms with van der Waals surface area (Å²) in [7, 11) is 0. The fraction of sp³-hybridized carbons (Fsp3) is 0.333. The SMILES string of the molecule is O=C(O)COCCNC(=O)CSc1cc(Cl)ccc1Cl. The molecule has 0 atom stereocenters. The average molecular weight is 338 g/mol. The van der Waals surface area contributed by atoms with Crippen molar-refractivity contribution in [2.24, 2.45) is 0 Å². The number of carbonyl (C=O) groups excluding carboxylic acids is 1. The van der Waals surface area contributed by atoms with Crippen LogP contribution in [0.15, 0.2) is 23.1 Å². The zero-order valence-electron chi connectivity index (χ0n) is 10.4. The molecule has 0 aliphatic carbocycles. The first kappa shape index (κ1) is 17.1. The second-order valence-electron chi connectivity index (χ2n) is 3.66. The van der Waals surface area contributed by atoms with Gasteiger partial charge in [-0.25, -0.2) is 4.79 Å². The Balaban J connectivity index is 2.23. The Hall–Kier alpha value is -0.950. The van der Waals surface area contributed by atoms with Gasteiger partial charge in [-0.15, -0.1) is 11.8 Å². The molecule has 0 saturated heterocycles. The molecule has 1 amide bonds. The van der Waals surface area contributed by atoms with Crippen molar-refractivity contribution in [2.45, 2.75) is 4.90 Å². The first-order chi connectivity index (χ1) is 9.49. The van der Waals surface area contributed by atoms with Crippen molar-refractivity contribution in [3.63, 3.8) is 0 Å². The number of hydrogen-bond donors (Lipinski definition) is 2. The summed E-state index contributed by atoms with van der Waals surface area (Å²) in [4.78, 5) is 22.4. The van der Waals surface area contributed by atoms with E-state index >= 15 is 0 Å². The van der Waals surface area contributed by atoms with Gasteiger partial charge < -0.3 is 15.2 Å². The molecule has 0 fully saturated rings. The van der Waals surface area contributed by atoms with Gasteiger partial charge >= 0.3 is 5.97 Å². The van der Waals surface area contributed by atoms with Gasteiger partial charge in [0.15, 0.2) is 0 Å². The molecule has 0 radical (unpaired) electrons. The fourth-order valence-corrected chi connectivity index (χ4v) is 2.53. The van der Waals surface area contributed by atoms with Gasteiger partial charge in [0.1, 0.15) is 6.61 Å². The van der Waals surface area contributed by atoms with Crippen molar-refractivity contribution in [1.29, 1.82) is 0 Å². The van der Waals surface area contributed by atoms with Gasteiger partial charge in [-0.3, -0.25) is 4.79 Å². The standard InChI is InChI=1S/C12H13Cl2NO4S/c13-8-1-2-9(14)10(5-8)20-7-11(16)15-3-4-19-6-12(17)18/h1-2,5H,3-4,6-7H2,(H,15,16)(H,17,18). The van der Waals surface area contributed by atoms with E-state index < -0.39 is 5.97 Å². The molecule has 110 valence electrons. The number of benzene rings is 1. The minimum absolute atomic E-state index is 0.153. The molecule has 0 aromatic heterocycles. The van der Waals surface area contributed by atoms with Crippen molar-refractivity contribution in [3.8, 4) is 0 Å². The summed E-state index contributed by atoms with van der Waals surface area (Å²) in [5.41, 5.74) is 0. The third-order valence-electron chi connectivity index (χ3n) is 2.05. The highest BCUT2D eigenvalue weighted by atomic mass is 35.5. The second kappa shape index (κ2) is 9.07. The van der Waals surface area contributed by atoms with E-state index in [0.717, 1.165) is 4.90 Å². The van der Waals surface area contributed by atoms with E-state index in [-0.39, 0.29) is 31.4 Å². The number of halogens is 2. The van der Waals surface area contributed by atoms with Gasteiger partial charge in [0.2, 0.25) is 5.91 Å². The van der Waals surface area contributed by atoms with Gasteiger partial charge in [-0.1, -0.05) is 23.2 Å². The summed E-state index contributed by atoms with van der Waals surface area (Å²) in [6.45, 7) is 0.0410. The van der Waals surface area contributed by atoms with Crippen LogP contribution in [0.1, 0.15) is 0 Å². The van der Waals surface area contributed by atoms with Crippen LogP contribution < -0.4 is 5.32 Å². The number of carbonyl (C=O) groups is 2. The first-order valence-electron chi connectivity index (χ1n) is 5.63. The Morgan fingerprint density at radius 1 is 1.35 bits per heavy atom. The summed E-state index contributed by atoms with van der Waals surface area (Å²) >= 11 is 13.1. The number of thioether (sulfide) groups is 1. The fourth-order valence-electron chi connectivity index (χ4n) is 1.20. The molecule has 8 heteroatoms. The minimum atomic E-state index is -1.04. The van der Waals surface area contributed by atoms with Gasteiger partial charge in [0.25, 0.3) is 0 Å². The highest BCUT2D eigenvalue weighted by Gasteiger charge is 2.06. The zero-order chi connectivity index (χ0) is 15.0. The van der Waals surface area contributed by atoms with Crippen LogP contribution in [-0.4, -0.2) is 42.5 Å². The van der Waals surface area contributed by atoms with Crippen LogP contribution in [-0.2, 0) is 14.3 Å². The van der Waals surface area contributed by atoms with E-state index in [1.807, 2.05) is 0 Å². The summed E-state index contributed by atoms with van der Waals surface area (Å²) in [5, 5.41) is 12.0. The van der Waals surface area contributed by atoms with Crippen LogP contribution in [0.4, 0.5) is 0 Å². The zero-order valence-corrected chi connectivity index (χ0v) is 12.7. The Bertz CT molecular complexity index is 485. The minimum Gasteiger partial charge on any atom is -0.480 e. The summed E-state index contributed by atoms with van der Waals surface area (Å²) in [5.74, 6) is -1.04. The predicted octanol–water partition coefficient (Wildman–Crippen LogP) is 2.30. The van der Waals surface area contributed by atoms with Gasteiger partial charge in [-0.2, -0.15) is 0 Å². The quantitative estimate of drug-likeness (QED) is 0.562. The molecule has 0 bridgehead atoms. The smallest absolute Gasteiger partial charge is 0.329 e. The molecule has 0 unspecified atom stereocenters. The van der Waals surface area contributed by atoms with Crippen molar-refractivity contribution in [1.82, 2.24) is 5.32 Å². The van der Waals surface area contributed by atoms with Crippen LogP contribution in [0.3, 0.4) is 0 Å². The molecule has 2 N–H and O–H groups in total. The molecule has 20 heavy (non-hydrogen) atoms. The molecule has 0 aliphatic rings. The number of ether oxygens (including phenoxy) is 1. The lowest BCUT2D eigenvalue weighted by atomic mass is 10.4. The maximum atomic E-state index is 11.5. The third-order valence-corrected chi connectivity index (χ3v) is 3.78. The van der Waals surface area contributed by atoms with Crippen molar-refractivity contribution in [2.75, 3.05) is 25.5 Å². The molecule has 0 heterocycles. The van der Waals surface area contributed by atoms with Gasteiger partial charge in [0, 0.05) is 16.5 Å². The summed E-state index contributed by atoms with van der Waals surface area (Å²) in [6, 6.07) is 5.04. The van der Waals surface area contributed by atoms with E-state index in [2.05, 4.69) is 5.32 Å². The Labute approximate surface area is 130 Å². The molecular weight excluding hydrogens is 325 g/mol. The highest BCUT2D eigenvalue weighted by Crippen LogP contribution is 2.29. The lowest BCUT2D eigenvalue weighted by Crippen LogP contribution is -2.29. The van der Waals surface area contributed by atoms with E-state index in [1.165, 1.54) is 11.8 Å². The molecular formula is C12H13Cl2NO4S. The topological polar surface area (TPSA) is 75.6 Å². The Morgan fingerprint density at radius 2 is 2.10 bits per heavy atom. The Kier molecular flexibility index (Phi) is 7.76. The predicted molar refractivity (Wildman–Crippen MR) is 78.7 cm³/mol. The van der Waals surface area contributed by atoms with Gasteiger partial charge in [-0.05, 0) is 18.2 Å². The number of carboxylic acid groups (broad SMARTS) is 1. The first-order valence-corrected chi connectivity index (χ1v) is 7.37. The van der Waals surface area contributed by atoms with E-state index in [0.29, 0.717) is 10.0 Å². The van der Waals surface area contributed by atoms with Crippen LogP contribution in [0.2, 0.25) is 10.0 Å². The van der Waals surface area contributed by atoms with E-state index in [9.17, 15) is 9.59 Å². The molecule has 1 rings (SSSR count). The average Bonchev–Trinajstić information content (AvgIpc) is 2.39. The van der Waals surface area contributed by atoms with Crippen LogP contribution >= 0.6 is 35.0 Å². The molecule has 1 aromatic carbocycles. The summed E-state index contributed by atoms with van der Waals surface area (Å²) < 4.78 is 4.78. The molecule has 0 spiro atoms. The van der Waals surface area contributed by atoms with E-state index in [1.54, 1.807) is 18.2 Å². The maximum absolute atomic E-state index is 11.5. The van der Waals surface area contributed by atoms with Crippen LogP contribution in [0, 0.1) is 0 Å². The molecule has 5 nitrogen and oxygen atoms in total. The maximum Gasteiger partial charge on any atom is 0.329 e. The van der Waals surface area contributed by atoms with Gasteiger partial charge in [0.05, 0.1) is 17.4 Å².